The summed E-state index contributed by atoms with van der Waals surface area (Å²) in [5, 5.41) is 15.3. The molecule has 2 aliphatic heterocycles. The maximum atomic E-state index is 14.7. The molecule has 0 aliphatic carbocycles. The van der Waals surface area contributed by atoms with Gasteiger partial charge in [-0.05, 0) is 60.2 Å². The van der Waals surface area contributed by atoms with E-state index in [2.05, 4.69) is 20.5 Å². The normalized spacial score (nSPS) is 17.0. The number of ether oxygens (including phenoxy) is 1. The summed E-state index contributed by atoms with van der Waals surface area (Å²) >= 11 is 1.17. The van der Waals surface area contributed by atoms with Gasteiger partial charge >= 0.3 is 0 Å². The van der Waals surface area contributed by atoms with Gasteiger partial charge in [-0.1, -0.05) is 6.07 Å². The highest BCUT2D eigenvalue weighted by Crippen LogP contribution is 2.31. The van der Waals surface area contributed by atoms with Gasteiger partial charge < -0.3 is 15.4 Å². The molecule has 8 nitrogen and oxygen atoms in total. The fourth-order valence-corrected chi connectivity index (χ4v) is 4.52. The quantitative estimate of drug-likeness (QED) is 0.414. The van der Waals surface area contributed by atoms with Crippen LogP contribution in [0.3, 0.4) is 0 Å². The van der Waals surface area contributed by atoms with Crippen LogP contribution in [0.15, 0.2) is 46.3 Å². The van der Waals surface area contributed by atoms with Gasteiger partial charge in [-0.3, -0.25) is 14.5 Å². The number of nitrogens with one attached hydrogen (secondary N) is 2. The highest BCUT2D eigenvalue weighted by Gasteiger charge is 2.22. The minimum absolute atomic E-state index is 0.0279. The van der Waals surface area contributed by atoms with Crippen LogP contribution in [-0.2, 0) is 16.3 Å². The summed E-state index contributed by atoms with van der Waals surface area (Å²) in [4.78, 5) is 30.1. The summed E-state index contributed by atoms with van der Waals surface area (Å²) in [6, 6.07) is 10.4. The van der Waals surface area contributed by atoms with Crippen molar-refractivity contribution in [2.24, 2.45) is 4.99 Å². The number of nitriles is 1. The van der Waals surface area contributed by atoms with Crippen molar-refractivity contribution in [1.82, 2.24) is 15.5 Å². The average Bonchev–Trinajstić information content (AvgIpc) is 3.22. The molecule has 36 heavy (non-hydrogen) atoms. The van der Waals surface area contributed by atoms with Crippen molar-refractivity contribution < 1.29 is 23.1 Å². The Hall–Kier alpha value is -3.75. The van der Waals surface area contributed by atoms with Crippen LogP contribution in [0.2, 0.25) is 0 Å². The number of rotatable bonds is 8. The van der Waals surface area contributed by atoms with Gasteiger partial charge in [0.25, 0.3) is 5.91 Å². The van der Waals surface area contributed by atoms with Gasteiger partial charge in [0.15, 0.2) is 16.7 Å². The fraction of sp³-hybridized carbons (Fsp3) is 0.280. The molecule has 0 aromatic heterocycles. The first kappa shape index (κ1) is 25.3. The molecular weight excluding hydrogens is 488 g/mol. The molecule has 0 spiro atoms. The topological polar surface area (TPSA) is 107 Å². The first-order valence-electron chi connectivity index (χ1n) is 11.3. The second-order valence-electron chi connectivity index (χ2n) is 8.10. The Bertz CT molecular complexity index is 1270. The zero-order chi connectivity index (χ0) is 25.5. The minimum Gasteiger partial charge on any atom is -0.454 e. The van der Waals surface area contributed by atoms with E-state index in [0.717, 1.165) is 19.5 Å². The summed E-state index contributed by atoms with van der Waals surface area (Å²) in [5.74, 6) is -1.05. The van der Waals surface area contributed by atoms with E-state index in [-0.39, 0.29) is 28.5 Å². The molecule has 0 atom stereocenters. The number of nitrogens with zero attached hydrogens (tertiary/aromatic N) is 3. The van der Waals surface area contributed by atoms with Crippen LogP contribution in [-0.4, -0.2) is 54.6 Å². The van der Waals surface area contributed by atoms with Gasteiger partial charge in [0.1, 0.15) is 12.4 Å². The van der Waals surface area contributed by atoms with Crippen molar-refractivity contribution in [3.63, 3.8) is 0 Å². The van der Waals surface area contributed by atoms with E-state index in [0.29, 0.717) is 35.3 Å². The zero-order valence-electron chi connectivity index (χ0n) is 19.2. The molecule has 1 fully saturated rings. The number of piperazine rings is 1. The molecule has 0 radical (unpaired) electrons. The standard InChI is InChI=1S/C25H23F2N5O3S/c26-13-18-10-17(14-28)3-4-20(18)35-21-5-2-16(11-19(21)27)12-22-24(34)31-25(36-22)30-6-1-8-32-9-7-29-23(33)15-32/h2-5,10-12H,1,6-9,13,15H2,(H,29,33)(H,30,31,34)/b22-12-. The van der Waals surface area contributed by atoms with Crippen LogP contribution < -0.4 is 15.4 Å². The summed E-state index contributed by atoms with van der Waals surface area (Å²) in [6.45, 7) is 2.37. The smallest absolute Gasteiger partial charge is 0.286 e. The van der Waals surface area contributed by atoms with E-state index in [1.54, 1.807) is 12.1 Å². The lowest BCUT2D eigenvalue weighted by molar-refractivity contribution is -0.124. The predicted molar refractivity (Wildman–Crippen MR) is 133 cm³/mol. The summed E-state index contributed by atoms with van der Waals surface area (Å²) < 4.78 is 33.5. The van der Waals surface area contributed by atoms with Crippen molar-refractivity contribution in [1.29, 1.82) is 5.26 Å². The van der Waals surface area contributed by atoms with E-state index in [1.165, 1.54) is 42.1 Å². The molecule has 1 saturated heterocycles. The van der Waals surface area contributed by atoms with Crippen molar-refractivity contribution in [2.45, 2.75) is 13.1 Å². The van der Waals surface area contributed by atoms with Gasteiger partial charge in [0, 0.05) is 31.7 Å². The highest BCUT2D eigenvalue weighted by molar-refractivity contribution is 8.18. The predicted octanol–water partition coefficient (Wildman–Crippen LogP) is 3.34. The molecule has 0 unspecified atom stereocenters. The van der Waals surface area contributed by atoms with Crippen molar-refractivity contribution in [3.05, 3.63) is 63.8 Å². The second kappa shape index (κ2) is 11.8. The summed E-state index contributed by atoms with van der Waals surface area (Å²) in [5.41, 5.74) is 0.871. The minimum atomic E-state index is -0.859. The number of thioether (sulfide) groups is 1. The van der Waals surface area contributed by atoms with Crippen LogP contribution in [0.4, 0.5) is 8.78 Å². The van der Waals surface area contributed by atoms with Gasteiger partial charge in [0.05, 0.1) is 23.1 Å². The SMILES string of the molecule is N#Cc1ccc(Oc2ccc(/C=C3\SC(NCCCN4CCNC(=O)C4)=NC3=O)cc2F)c(CF)c1. The maximum absolute atomic E-state index is 14.7. The Balaban J connectivity index is 1.32. The van der Waals surface area contributed by atoms with E-state index >= 15 is 0 Å². The number of benzene rings is 2. The van der Waals surface area contributed by atoms with Crippen LogP contribution in [0, 0.1) is 17.1 Å². The lowest BCUT2D eigenvalue weighted by Gasteiger charge is -2.26. The average molecular weight is 512 g/mol. The van der Waals surface area contributed by atoms with E-state index < -0.39 is 18.4 Å². The number of amides is 2. The third kappa shape index (κ3) is 6.47. The number of hydrogen-bond acceptors (Lipinski definition) is 7. The molecule has 2 heterocycles. The molecule has 11 heteroatoms. The molecule has 2 aromatic rings. The zero-order valence-corrected chi connectivity index (χ0v) is 20.0. The Kier molecular flexibility index (Phi) is 8.30. The molecule has 2 amide bonds. The largest absolute Gasteiger partial charge is 0.454 e. The Morgan fingerprint density at radius 1 is 1.25 bits per heavy atom. The number of carbonyl (C=O) groups is 2. The fourth-order valence-electron chi connectivity index (χ4n) is 3.68. The molecule has 0 bridgehead atoms. The third-order valence-corrected chi connectivity index (χ3v) is 6.41. The highest BCUT2D eigenvalue weighted by atomic mass is 32.2. The molecule has 0 saturated carbocycles. The van der Waals surface area contributed by atoms with Crippen LogP contribution in [0.25, 0.3) is 6.08 Å². The number of hydrogen-bond donors (Lipinski definition) is 2. The van der Waals surface area contributed by atoms with Crippen LogP contribution in [0.5, 0.6) is 11.5 Å². The molecule has 2 aromatic carbocycles. The lowest BCUT2D eigenvalue weighted by Crippen LogP contribution is -2.48. The van der Waals surface area contributed by atoms with E-state index in [1.807, 2.05) is 6.07 Å². The summed E-state index contributed by atoms with van der Waals surface area (Å²) in [6.07, 6.45) is 2.33. The number of alkyl halides is 1. The van der Waals surface area contributed by atoms with Crippen molar-refractivity contribution in [2.75, 3.05) is 32.7 Å². The van der Waals surface area contributed by atoms with Gasteiger partial charge in [-0.15, -0.1) is 0 Å². The van der Waals surface area contributed by atoms with Gasteiger partial charge in [0.2, 0.25) is 5.91 Å². The molecule has 2 aliphatic rings. The number of aliphatic imine (C=N–C) groups is 1. The summed E-state index contributed by atoms with van der Waals surface area (Å²) in [7, 11) is 0. The number of amidine groups is 1. The maximum Gasteiger partial charge on any atom is 0.286 e. The Labute approximate surface area is 211 Å². The van der Waals surface area contributed by atoms with Gasteiger partial charge in [-0.2, -0.15) is 10.3 Å². The monoisotopic (exact) mass is 511 g/mol. The van der Waals surface area contributed by atoms with Crippen molar-refractivity contribution in [3.8, 4) is 17.6 Å². The number of halogens is 2. The second-order valence-corrected chi connectivity index (χ2v) is 9.13. The van der Waals surface area contributed by atoms with Crippen molar-refractivity contribution >= 4 is 34.8 Å². The molecule has 4 rings (SSSR count). The third-order valence-electron chi connectivity index (χ3n) is 5.47. The first-order valence-corrected chi connectivity index (χ1v) is 12.1. The Morgan fingerprint density at radius 3 is 2.83 bits per heavy atom. The van der Waals surface area contributed by atoms with E-state index in [9.17, 15) is 18.4 Å². The van der Waals surface area contributed by atoms with E-state index in [4.69, 9.17) is 10.00 Å². The Morgan fingerprint density at radius 2 is 2.08 bits per heavy atom. The van der Waals surface area contributed by atoms with Gasteiger partial charge in [-0.25, -0.2) is 8.78 Å². The molecule has 186 valence electrons. The lowest BCUT2D eigenvalue weighted by atomic mass is 10.1. The van der Waals surface area contributed by atoms with Crippen LogP contribution in [0.1, 0.15) is 23.1 Å². The van der Waals surface area contributed by atoms with Crippen LogP contribution >= 0.6 is 11.8 Å². The number of carbonyl (C=O) groups excluding carboxylic acids is 2. The molecular formula is C25H23F2N5O3S. The molecule has 2 N–H and O–H groups in total. The first-order chi connectivity index (χ1) is 17.4.